The van der Waals surface area contributed by atoms with Gasteiger partial charge in [0.25, 0.3) is 0 Å². The van der Waals surface area contributed by atoms with Gasteiger partial charge in [-0.15, -0.1) is 0 Å². The molecule has 0 aromatic carbocycles. The standard InChI is InChI=1S/C12H19N3O/c1-9-7-10(12(14)15-8-9)11(16)5-3-2-4-6-13/h7-8H,2-6,13H2,1H3,(H2,14,15). The van der Waals surface area contributed by atoms with Gasteiger partial charge >= 0.3 is 0 Å². The molecule has 4 N–H and O–H groups in total. The van der Waals surface area contributed by atoms with E-state index in [2.05, 4.69) is 4.98 Å². The largest absolute Gasteiger partial charge is 0.383 e. The van der Waals surface area contributed by atoms with Crippen molar-refractivity contribution in [2.45, 2.75) is 32.6 Å². The summed E-state index contributed by atoms with van der Waals surface area (Å²) in [6.45, 7) is 2.58. The lowest BCUT2D eigenvalue weighted by Gasteiger charge is -2.04. The van der Waals surface area contributed by atoms with Gasteiger partial charge in [-0.25, -0.2) is 4.98 Å². The highest BCUT2D eigenvalue weighted by Gasteiger charge is 2.10. The van der Waals surface area contributed by atoms with Crippen LogP contribution in [0.1, 0.15) is 41.6 Å². The molecule has 1 aromatic heterocycles. The van der Waals surface area contributed by atoms with E-state index in [1.165, 1.54) is 0 Å². The van der Waals surface area contributed by atoms with Crippen molar-refractivity contribution in [1.82, 2.24) is 4.98 Å². The van der Waals surface area contributed by atoms with Gasteiger partial charge in [-0.1, -0.05) is 6.42 Å². The molecule has 0 radical (unpaired) electrons. The zero-order valence-electron chi connectivity index (χ0n) is 9.70. The smallest absolute Gasteiger partial charge is 0.166 e. The number of carbonyl (C=O) groups is 1. The maximum atomic E-state index is 11.8. The average Bonchev–Trinajstić information content (AvgIpc) is 2.27. The van der Waals surface area contributed by atoms with Crippen LogP contribution in [0, 0.1) is 6.92 Å². The first-order valence-corrected chi connectivity index (χ1v) is 5.60. The number of nitrogen functional groups attached to an aromatic ring is 1. The molecule has 0 aliphatic rings. The van der Waals surface area contributed by atoms with E-state index >= 15 is 0 Å². The van der Waals surface area contributed by atoms with Gasteiger partial charge < -0.3 is 11.5 Å². The SMILES string of the molecule is Cc1cnc(N)c(C(=O)CCCCCN)c1. The number of unbranched alkanes of at least 4 members (excludes halogenated alkanes) is 2. The topological polar surface area (TPSA) is 82.0 Å². The normalized spacial score (nSPS) is 10.4. The zero-order valence-corrected chi connectivity index (χ0v) is 9.70. The Bertz CT molecular complexity index is 363. The monoisotopic (exact) mass is 221 g/mol. The lowest BCUT2D eigenvalue weighted by molar-refractivity contribution is 0.0979. The fourth-order valence-corrected chi connectivity index (χ4v) is 1.54. The fourth-order valence-electron chi connectivity index (χ4n) is 1.54. The first kappa shape index (κ1) is 12.6. The average molecular weight is 221 g/mol. The molecule has 1 heterocycles. The fraction of sp³-hybridized carbons (Fsp3) is 0.500. The highest BCUT2D eigenvalue weighted by molar-refractivity contribution is 6.00. The Balaban J connectivity index is 2.55. The van der Waals surface area contributed by atoms with Crippen LogP contribution in [0.15, 0.2) is 12.3 Å². The molecular weight excluding hydrogens is 202 g/mol. The first-order chi connectivity index (χ1) is 7.65. The van der Waals surface area contributed by atoms with Gasteiger partial charge in [0.2, 0.25) is 0 Å². The van der Waals surface area contributed by atoms with Crippen LogP contribution in [0.5, 0.6) is 0 Å². The van der Waals surface area contributed by atoms with Crippen molar-refractivity contribution < 1.29 is 4.79 Å². The molecule has 1 rings (SSSR count). The number of nitrogens with two attached hydrogens (primary N) is 2. The van der Waals surface area contributed by atoms with Crippen LogP contribution in [0.4, 0.5) is 5.82 Å². The van der Waals surface area contributed by atoms with Crippen LogP contribution in [0.25, 0.3) is 0 Å². The third kappa shape index (κ3) is 3.62. The minimum atomic E-state index is 0.0747. The number of hydrogen-bond donors (Lipinski definition) is 2. The number of nitrogens with zero attached hydrogens (tertiary/aromatic N) is 1. The molecule has 0 atom stereocenters. The van der Waals surface area contributed by atoms with E-state index in [0.717, 1.165) is 24.8 Å². The molecule has 0 fully saturated rings. The lowest BCUT2D eigenvalue weighted by atomic mass is 10.0. The van der Waals surface area contributed by atoms with Gasteiger partial charge in [0.05, 0.1) is 5.56 Å². The number of aromatic nitrogens is 1. The predicted octanol–water partition coefficient (Wildman–Crippen LogP) is 1.67. The number of anilines is 1. The molecule has 0 amide bonds. The molecule has 0 aliphatic heterocycles. The Morgan fingerprint density at radius 2 is 2.12 bits per heavy atom. The van der Waals surface area contributed by atoms with Crippen molar-refractivity contribution in [1.29, 1.82) is 0 Å². The molecule has 0 saturated carbocycles. The van der Waals surface area contributed by atoms with Gasteiger partial charge in [0.15, 0.2) is 5.78 Å². The molecule has 0 unspecified atom stereocenters. The molecular formula is C12H19N3O. The van der Waals surface area contributed by atoms with Crippen molar-refractivity contribution >= 4 is 11.6 Å². The molecule has 88 valence electrons. The van der Waals surface area contributed by atoms with Gasteiger partial charge in [0.1, 0.15) is 5.82 Å². The Labute approximate surface area is 96.0 Å². The molecule has 4 heteroatoms. The maximum Gasteiger partial charge on any atom is 0.166 e. The van der Waals surface area contributed by atoms with Gasteiger partial charge in [-0.05, 0) is 37.9 Å². The molecule has 4 nitrogen and oxygen atoms in total. The zero-order chi connectivity index (χ0) is 12.0. The summed E-state index contributed by atoms with van der Waals surface area (Å²) in [6, 6.07) is 1.80. The molecule has 1 aromatic rings. The van der Waals surface area contributed by atoms with E-state index in [1.807, 2.05) is 6.92 Å². The van der Waals surface area contributed by atoms with E-state index in [0.29, 0.717) is 24.3 Å². The summed E-state index contributed by atoms with van der Waals surface area (Å²) in [5.41, 5.74) is 12.6. The van der Waals surface area contributed by atoms with Crippen LogP contribution in [0.3, 0.4) is 0 Å². The van der Waals surface area contributed by atoms with E-state index in [4.69, 9.17) is 11.5 Å². The summed E-state index contributed by atoms with van der Waals surface area (Å²) >= 11 is 0. The Morgan fingerprint density at radius 1 is 1.38 bits per heavy atom. The number of hydrogen-bond acceptors (Lipinski definition) is 4. The third-order valence-corrected chi connectivity index (χ3v) is 2.46. The summed E-state index contributed by atoms with van der Waals surface area (Å²) in [5.74, 6) is 0.403. The molecule has 0 saturated heterocycles. The Hall–Kier alpha value is -1.42. The summed E-state index contributed by atoms with van der Waals surface area (Å²) in [4.78, 5) is 15.8. The van der Waals surface area contributed by atoms with Crippen LogP contribution in [-0.2, 0) is 0 Å². The molecule has 0 spiro atoms. The number of ketones is 1. The highest BCUT2D eigenvalue weighted by Crippen LogP contribution is 2.14. The Morgan fingerprint density at radius 3 is 2.81 bits per heavy atom. The van der Waals surface area contributed by atoms with E-state index in [-0.39, 0.29) is 5.78 Å². The summed E-state index contributed by atoms with van der Waals surface area (Å²) < 4.78 is 0. The summed E-state index contributed by atoms with van der Waals surface area (Å²) in [6.07, 6.45) is 5.01. The second kappa shape index (κ2) is 6.23. The van der Waals surface area contributed by atoms with Crippen LogP contribution >= 0.6 is 0 Å². The van der Waals surface area contributed by atoms with E-state index in [9.17, 15) is 4.79 Å². The first-order valence-electron chi connectivity index (χ1n) is 5.60. The number of pyridine rings is 1. The van der Waals surface area contributed by atoms with Crippen molar-refractivity contribution in [2.75, 3.05) is 12.3 Å². The van der Waals surface area contributed by atoms with Crippen molar-refractivity contribution in [3.8, 4) is 0 Å². The number of aryl methyl sites for hydroxylation is 1. The van der Waals surface area contributed by atoms with Crippen molar-refractivity contribution in [2.24, 2.45) is 5.73 Å². The summed E-state index contributed by atoms with van der Waals surface area (Å²) in [7, 11) is 0. The third-order valence-electron chi connectivity index (χ3n) is 2.46. The van der Waals surface area contributed by atoms with Crippen molar-refractivity contribution in [3.05, 3.63) is 23.4 Å². The molecule has 16 heavy (non-hydrogen) atoms. The number of rotatable bonds is 6. The van der Waals surface area contributed by atoms with Crippen molar-refractivity contribution in [3.63, 3.8) is 0 Å². The van der Waals surface area contributed by atoms with Gasteiger partial charge in [-0.2, -0.15) is 0 Å². The Kier molecular flexibility index (Phi) is 4.92. The van der Waals surface area contributed by atoms with E-state index < -0.39 is 0 Å². The quantitative estimate of drug-likeness (QED) is 0.565. The maximum absolute atomic E-state index is 11.8. The lowest BCUT2D eigenvalue weighted by Crippen LogP contribution is -2.06. The van der Waals surface area contributed by atoms with Crippen LogP contribution in [0.2, 0.25) is 0 Å². The van der Waals surface area contributed by atoms with Crippen LogP contribution in [-0.4, -0.2) is 17.3 Å². The minimum Gasteiger partial charge on any atom is -0.383 e. The number of carbonyl (C=O) groups excluding carboxylic acids is 1. The second-order valence-electron chi connectivity index (χ2n) is 3.97. The summed E-state index contributed by atoms with van der Waals surface area (Å²) in [5, 5.41) is 0. The highest BCUT2D eigenvalue weighted by atomic mass is 16.1. The predicted molar refractivity (Wildman–Crippen MR) is 65.2 cm³/mol. The van der Waals surface area contributed by atoms with Gasteiger partial charge in [0, 0.05) is 12.6 Å². The van der Waals surface area contributed by atoms with Gasteiger partial charge in [-0.3, -0.25) is 4.79 Å². The molecule has 0 aliphatic carbocycles. The number of Topliss-reactive ketones (excluding diaryl/α,β-unsaturated/α-hetero) is 1. The van der Waals surface area contributed by atoms with Crippen LogP contribution < -0.4 is 11.5 Å². The molecule has 0 bridgehead atoms. The minimum absolute atomic E-state index is 0.0747. The van der Waals surface area contributed by atoms with E-state index in [1.54, 1.807) is 12.3 Å². The second-order valence-corrected chi connectivity index (χ2v) is 3.97.